The van der Waals surface area contributed by atoms with Crippen LogP contribution in [-0.2, 0) is 12.7 Å². The molecule has 3 heterocycles. The standard InChI is InChI=1S/C16H17ClF3N5/c17-14-4-3-11(7-21-14)8-25-5-1-2-12(9-25)24-15-6-13(16(18,19)20)22-10-23-15/h3-4,6-7,10,12H,1-2,5,8-9H2,(H,22,23,24). The van der Waals surface area contributed by atoms with Crippen LogP contribution in [0.25, 0.3) is 0 Å². The number of rotatable bonds is 4. The highest BCUT2D eigenvalue weighted by Crippen LogP contribution is 2.28. The maximum Gasteiger partial charge on any atom is 0.433 e. The van der Waals surface area contributed by atoms with Crippen LogP contribution < -0.4 is 5.32 Å². The lowest BCUT2D eigenvalue weighted by atomic mass is 10.0. The Labute approximate surface area is 148 Å². The van der Waals surface area contributed by atoms with Gasteiger partial charge in [-0.25, -0.2) is 15.0 Å². The molecule has 1 aliphatic rings. The third-order valence-electron chi connectivity index (χ3n) is 4.01. The summed E-state index contributed by atoms with van der Waals surface area (Å²) in [6, 6.07) is 4.65. The minimum absolute atomic E-state index is 0.0324. The minimum atomic E-state index is -4.47. The molecule has 0 bridgehead atoms. The fraction of sp³-hybridized carbons (Fsp3) is 0.438. The van der Waals surface area contributed by atoms with Gasteiger partial charge in [0.05, 0.1) is 0 Å². The molecule has 25 heavy (non-hydrogen) atoms. The number of aromatic nitrogens is 3. The number of pyridine rings is 1. The van der Waals surface area contributed by atoms with Crippen molar-refractivity contribution in [2.24, 2.45) is 0 Å². The van der Waals surface area contributed by atoms with Gasteiger partial charge in [0, 0.05) is 31.4 Å². The zero-order valence-electron chi connectivity index (χ0n) is 13.3. The first-order valence-electron chi connectivity index (χ1n) is 7.89. The number of nitrogens with zero attached hydrogens (tertiary/aromatic N) is 4. The van der Waals surface area contributed by atoms with Crippen LogP contribution in [0.5, 0.6) is 0 Å². The van der Waals surface area contributed by atoms with E-state index in [2.05, 4.69) is 25.2 Å². The number of nitrogens with one attached hydrogen (secondary N) is 1. The first kappa shape index (κ1) is 17.9. The molecule has 0 aromatic carbocycles. The Hall–Kier alpha value is -1.93. The van der Waals surface area contributed by atoms with Gasteiger partial charge in [-0.3, -0.25) is 4.90 Å². The Morgan fingerprint density at radius 3 is 2.80 bits per heavy atom. The van der Waals surface area contributed by atoms with Crippen LogP contribution in [0, 0.1) is 0 Å². The zero-order chi connectivity index (χ0) is 17.9. The van der Waals surface area contributed by atoms with Crippen molar-refractivity contribution >= 4 is 17.4 Å². The van der Waals surface area contributed by atoms with Crippen LogP contribution in [0.2, 0.25) is 5.15 Å². The number of piperidine rings is 1. The molecule has 1 unspecified atom stereocenters. The van der Waals surface area contributed by atoms with Gasteiger partial charge in [-0.15, -0.1) is 0 Å². The lowest BCUT2D eigenvalue weighted by molar-refractivity contribution is -0.141. The Bertz CT molecular complexity index is 708. The van der Waals surface area contributed by atoms with Crippen LogP contribution in [0.3, 0.4) is 0 Å². The molecule has 0 aliphatic carbocycles. The Morgan fingerprint density at radius 1 is 1.24 bits per heavy atom. The SMILES string of the molecule is FC(F)(F)c1cc(NC2CCCN(Cc3ccc(Cl)nc3)C2)ncn1. The molecule has 2 aromatic rings. The van der Waals surface area contributed by atoms with Crippen LogP contribution >= 0.6 is 11.6 Å². The normalized spacial score (nSPS) is 19.0. The lowest BCUT2D eigenvalue weighted by Gasteiger charge is -2.33. The molecular weight excluding hydrogens is 355 g/mol. The predicted molar refractivity (Wildman–Crippen MR) is 88.2 cm³/mol. The predicted octanol–water partition coefficient (Wildman–Crippen LogP) is 3.62. The average molecular weight is 372 g/mol. The van der Waals surface area contributed by atoms with Crippen LogP contribution in [0.15, 0.2) is 30.7 Å². The number of hydrogen-bond donors (Lipinski definition) is 1. The molecule has 1 N–H and O–H groups in total. The first-order chi connectivity index (χ1) is 11.9. The van der Waals surface area contributed by atoms with Gasteiger partial charge in [0.15, 0.2) is 0 Å². The summed E-state index contributed by atoms with van der Waals surface area (Å²) in [7, 11) is 0. The van der Waals surface area contributed by atoms with Crippen molar-refractivity contribution < 1.29 is 13.2 Å². The van der Waals surface area contributed by atoms with E-state index in [1.54, 1.807) is 12.3 Å². The molecule has 1 aliphatic heterocycles. The first-order valence-corrected chi connectivity index (χ1v) is 8.26. The third-order valence-corrected chi connectivity index (χ3v) is 4.23. The van der Waals surface area contributed by atoms with E-state index >= 15 is 0 Å². The minimum Gasteiger partial charge on any atom is -0.366 e. The van der Waals surface area contributed by atoms with Crippen LogP contribution in [0.4, 0.5) is 19.0 Å². The van der Waals surface area contributed by atoms with Crippen molar-refractivity contribution in [1.82, 2.24) is 19.9 Å². The van der Waals surface area contributed by atoms with Gasteiger partial charge in [0.25, 0.3) is 0 Å². The Balaban J connectivity index is 1.61. The second kappa shape index (κ2) is 7.53. The number of anilines is 1. The topological polar surface area (TPSA) is 53.9 Å². The van der Waals surface area contributed by atoms with Crippen molar-refractivity contribution in [3.05, 3.63) is 47.1 Å². The molecule has 0 amide bonds. The maximum atomic E-state index is 12.7. The Kier molecular flexibility index (Phi) is 5.39. The van der Waals surface area contributed by atoms with Gasteiger partial charge < -0.3 is 5.32 Å². The van der Waals surface area contributed by atoms with Crippen molar-refractivity contribution in [3.8, 4) is 0 Å². The largest absolute Gasteiger partial charge is 0.433 e. The molecule has 9 heteroatoms. The molecule has 0 radical (unpaired) electrons. The van der Waals surface area contributed by atoms with Crippen LogP contribution in [-0.4, -0.2) is 39.0 Å². The molecule has 1 atom stereocenters. The summed E-state index contributed by atoms with van der Waals surface area (Å²) in [5, 5.41) is 3.54. The van der Waals surface area contributed by atoms with Gasteiger partial charge >= 0.3 is 6.18 Å². The highest BCUT2D eigenvalue weighted by Gasteiger charge is 2.33. The molecule has 2 aromatic heterocycles. The number of hydrogen-bond acceptors (Lipinski definition) is 5. The second-order valence-corrected chi connectivity index (χ2v) is 6.38. The second-order valence-electron chi connectivity index (χ2n) is 5.99. The summed E-state index contributed by atoms with van der Waals surface area (Å²) in [6.45, 7) is 2.37. The average Bonchev–Trinajstić information content (AvgIpc) is 2.57. The zero-order valence-corrected chi connectivity index (χ0v) is 14.1. The molecule has 5 nitrogen and oxygen atoms in total. The van der Waals surface area contributed by atoms with E-state index in [-0.39, 0.29) is 11.9 Å². The molecule has 1 fully saturated rings. The van der Waals surface area contributed by atoms with E-state index in [1.807, 2.05) is 6.07 Å². The monoisotopic (exact) mass is 371 g/mol. The summed E-state index contributed by atoms with van der Waals surface area (Å²) < 4.78 is 38.2. The van der Waals surface area contributed by atoms with Gasteiger partial charge in [0.1, 0.15) is 23.0 Å². The smallest absolute Gasteiger partial charge is 0.366 e. The van der Waals surface area contributed by atoms with Gasteiger partial charge in [0.2, 0.25) is 0 Å². The van der Waals surface area contributed by atoms with Gasteiger partial charge in [-0.05, 0) is 31.0 Å². The van der Waals surface area contributed by atoms with Crippen molar-refractivity contribution in [2.45, 2.75) is 31.6 Å². The highest BCUT2D eigenvalue weighted by atomic mass is 35.5. The molecule has 3 rings (SSSR count). The molecule has 1 saturated heterocycles. The van der Waals surface area contributed by atoms with Crippen molar-refractivity contribution in [1.29, 1.82) is 0 Å². The number of likely N-dealkylation sites (tertiary alicyclic amines) is 1. The molecule has 0 spiro atoms. The quantitative estimate of drug-likeness (QED) is 0.832. The summed E-state index contributed by atoms with van der Waals surface area (Å²) in [5.41, 5.74) is 0.108. The molecule has 0 saturated carbocycles. The number of halogens is 4. The van der Waals surface area contributed by atoms with E-state index in [1.165, 1.54) is 0 Å². The molecular formula is C16H17ClF3N5. The van der Waals surface area contributed by atoms with E-state index in [0.717, 1.165) is 43.9 Å². The maximum absolute atomic E-state index is 12.7. The van der Waals surface area contributed by atoms with Gasteiger partial charge in [-0.1, -0.05) is 17.7 Å². The van der Waals surface area contributed by atoms with E-state index in [9.17, 15) is 13.2 Å². The lowest BCUT2D eigenvalue weighted by Crippen LogP contribution is -2.41. The third kappa shape index (κ3) is 5.02. The fourth-order valence-electron chi connectivity index (χ4n) is 2.88. The molecule has 134 valence electrons. The van der Waals surface area contributed by atoms with E-state index < -0.39 is 11.9 Å². The van der Waals surface area contributed by atoms with Crippen molar-refractivity contribution in [2.75, 3.05) is 18.4 Å². The van der Waals surface area contributed by atoms with E-state index in [4.69, 9.17) is 11.6 Å². The Morgan fingerprint density at radius 2 is 2.08 bits per heavy atom. The summed E-state index contributed by atoms with van der Waals surface area (Å²) >= 11 is 5.79. The highest BCUT2D eigenvalue weighted by molar-refractivity contribution is 6.29. The van der Waals surface area contributed by atoms with Gasteiger partial charge in [-0.2, -0.15) is 13.2 Å². The summed E-state index contributed by atoms with van der Waals surface area (Å²) in [5.74, 6) is 0.197. The number of alkyl halides is 3. The van der Waals surface area contributed by atoms with Crippen LogP contribution in [0.1, 0.15) is 24.1 Å². The summed E-state index contributed by atoms with van der Waals surface area (Å²) in [4.78, 5) is 13.5. The van der Waals surface area contributed by atoms with E-state index in [0.29, 0.717) is 11.7 Å². The van der Waals surface area contributed by atoms with Crippen molar-refractivity contribution in [3.63, 3.8) is 0 Å². The summed E-state index contributed by atoms with van der Waals surface area (Å²) in [6.07, 6.45) is 0.0285. The fourth-order valence-corrected chi connectivity index (χ4v) is 2.99.